The second kappa shape index (κ2) is 6.81. The minimum atomic E-state index is -0.629. The average Bonchev–Trinajstić information content (AvgIpc) is 3.19. The number of aromatic amines is 1. The molecule has 26 heavy (non-hydrogen) atoms. The van der Waals surface area contributed by atoms with Gasteiger partial charge in [0.2, 0.25) is 5.91 Å². The van der Waals surface area contributed by atoms with Gasteiger partial charge in [0, 0.05) is 18.9 Å². The molecule has 1 fully saturated rings. The number of piperidine rings is 1. The van der Waals surface area contributed by atoms with Crippen LogP contribution in [0.15, 0.2) is 43.0 Å². The highest BCUT2D eigenvalue weighted by atomic mass is 16.2. The van der Waals surface area contributed by atoms with Gasteiger partial charge in [0.25, 0.3) is 0 Å². The molecule has 0 bridgehead atoms. The predicted molar refractivity (Wildman–Crippen MR) is 98.9 cm³/mol. The van der Waals surface area contributed by atoms with E-state index in [1.165, 1.54) is 6.33 Å². The van der Waals surface area contributed by atoms with Gasteiger partial charge in [-0.05, 0) is 44.1 Å². The molecular formula is C18H21N7O. The molecule has 1 aliphatic heterocycles. The van der Waals surface area contributed by atoms with E-state index in [9.17, 15) is 4.79 Å². The van der Waals surface area contributed by atoms with Gasteiger partial charge in [0.05, 0.1) is 10.8 Å². The summed E-state index contributed by atoms with van der Waals surface area (Å²) in [6.45, 7) is 1.82. The molecule has 0 aliphatic carbocycles. The number of amides is 1. The molecule has 3 aromatic heterocycles. The Hall–Kier alpha value is -2.84. The van der Waals surface area contributed by atoms with E-state index in [4.69, 9.17) is 5.73 Å². The Balaban J connectivity index is 1.87. The van der Waals surface area contributed by atoms with Gasteiger partial charge < -0.3 is 16.0 Å². The number of hydrogen-bond donors (Lipinski definition) is 3. The molecule has 134 valence electrons. The molecule has 0 saturated carbocycles. The van der Waals surface area contributed by atoms with Crippen LogP contribution in [-0.4, -0.2) is 45.5 Å². The second-order valence-corrected chi connectivity index (χ2v) is 6.50. The summed E-state index contributed by atoms with van der Waals surface area (Å²) in [5.74, 6) is 0.984. The molecule has 1 aliphatic rings. The molecule has 8 heteroatoms. The number of hydrogen-bond acceptors (Lipinski definition) is 6. The molecule has 3 aromatic rings. The normalized spacial score (nSPS) is 16.5. The largest absolute Gasteiger partial charge is 0.346 e. The molecule has 4 rings (SSSR count). The van der Waals surface area contributed by atoms with Crippen LogP contribution in [0.1, 0.15) is 12.8 Å². The number of aromatic nitrogens is 4. The van der Waals surface area contributed by atoms with Crippen LogP contribution in [0.5, 0.6) is 0 Å². The summed E-state index contributed by atoms with van der Waals surface area (Å²) in [7, 11) is 0. The molecule has 0 unspecified atom stereocenters. The number of rotatable bonds is 4. The molecule has 4 N–H and O–H groups in total. The average molecular weight is 351 g/mol. The molecule has 0 radical (unpaired) electrons. The van der Waals surface area contributed by atoms with E-state index in [-0.39, 0.29) is 12.5 Å². The summed E-state index contributed by atoms with van der Waals surface area (Å²) in [5, 5.41) is 4.07. The zero-order valence-corrected chi connectivity index (χ0v) is 14.4. The van der Waals surface area contributed by atoms with E-state index in [0.717, 1.165) is 18.5 Å². The van der Waals surface area contributed by atoms with Gasteiger partial charge in [-0.3, -0.25) is 4.79 Å². The fourth-order valence-electron chi connectivity index (χ4n) is 3.48. The van der Waals surface area contributed by atoms with Crippen LogP contribution in [0.25, 0.3) is 11.0 Å². The first-order valence-corrected chi connectivity index (χ1v) is 8.70. The zero-order chi connectivity index (χ0) is 18.0. The van der Waals surface area contributed by atoms with Gasteiger partial charge in [-0.25, -0.2) is 19.9 Å². The molecule has 0 spiro atoms. The number of carbonyl (C=O) groups excluding carboxylic acids is 1. The van der Waals surface area contributed by atoms with E-state index in [1.54, 1.807) is 17.3 Å². The molecular weight excluding hydrogens is 330 g/mol. The smallest absolute Gasteiger partial charge is 0.241 e. The molecule has 0 atom stereocenters. The number of pyridine rings is 1. The van der Waals surface area contributed by atoms with Crippen LogP contribution >= 0.6 is 0 Å². The minimum absolute atomic E-state index is 0.0681. The molecule has 8 nitrogen and oxygen atoms in total. The number of nitrogens with two attached hydrogens (primary N) is 1. The van der Waals surface area contributed by atoms with Crippen LogP contribution < -0.4 is 16.0 Å². The van der Waals surface area contributed by atoms with Crippen LogP contribution in [0.2, 0.25) is 0 Å². The quantitative estimate of drug-likeness (QED) is 0.654. The highest BCUT2D eigenvalue weighted by Crippen LogP contribution is 2.36. The highest BCUT2D eigenvalue weighted by Gasteiger charge is 2.43. The van der Waals surface area contributed by atoms with E-state index in [1.807, 2.05) is 24.3 Å². The van der Waals surface area contributed by atoms with Gasteiger partial charge in [-0.2, -0.15) is 0 Å². The van der Waals surface area contributed by atoms with Crippen molar-refractivity contribution in [3.05, 3.63) is 43.0 Å². The van der Waals surface area contributed by atoms with Crippen LogP contribution in [0, 0.1) is 5.41 Å². The summed E-state index contributed by atoms with van der Waals surface area (Å²) >= 11 is 0. The third-order valence-electron chi connectivity index (χ3n) is 5.03. The number of nitrogens with one attached hydrogen (secondary N) is 2. The van der Waals surface area contributed by atoms with Crippen LogP contribution in [0.3, 0.4) is 0 Å². The summed E-state index contributed by atoms with van der Waals surface area (Å²) in [6, 6.07) is 7.35. The Bertz CT molecular complexity index is 902. The van der Waals surface area contributed by atoms with Crippen molar-refractivity contribution in [1.82, 2.24) is 25.3 Å². The zero-order valence-electron chi connectivity index (χ0n) is 14.4. The SMILES string of the molecule is NCC1(C(=O)N(c2ccccn2)c2ncnc3[nH]ccc23)CCNCC1. The van der Waals surface area contributed by atoms with Crippen molar-refractivity contribution in [2.75, 3.05) is 24.5 Å². The van der Waals surface area contributed by atoms with Gasteiger partial charge >= 0.3 is 0 Å². The summed E-state index contributed by atoms with van der Waals surface area (Å²) in [5.41, 5.74) is 6.14. The molecule has 1 amide bonds. The summed E-state index contributed by atoms with van der Waals surface area (Å²) in [6.07, 6.45) is 6.28. The van der Waals surface area contributed by atoms with Gasteiger partial charge in [-0.1, -0.05) is 6.07 Å². The highest BCUT2D eigenvalue weighted by molar-refractivity contribution is 6.07. The molecule has 1 saturated heterocycles. The summed E-state index contributed by atoms with van der Waals surface area (Å²) < 4.78 is 0. The van der Waals surface area contributed by atoms with Crippen molar-refractivity contribution in [2.24, 2.45) is 11.1 Å². The summed E-state index contributed by atoms with van der Waals surface area (Å²) in [4.78, 5) is 31.4. The van der Waals surface area contributed by atoms with E-state index >= 15 is 0 Å². The lowest BCUT2D eigenvalue weighted by atomic mass is 9.77. The Kier molecular flexibility index (Phi) is 4.36. The molecule has 4 heterocycles. The number of carbonyl (C=O) groups is 1. The first-order valence-electron chi connectivity index (χ1n) is 8.70. The van der Waals surface area contributed by atoms with Crippen molar-refractivity contribution in [1.29, 1.82) is 0 Å². The van der Waals surface area contributed by atoms with E-state index in [2.05, 4.69) is 25.3 Å². The number of anilines is 2. The van der Waals surface area contributed by atoms with Crippen molar-refractivity contribution >= 4 is 28.6 Å². The van der Waals surface area contributed by atoms with Gasteiger partial charge in [0.1, 0.15) is 17.8 Å². The first kappa shape index (κ1) is 16.6. The van der Waals surface area contributed by atoms with E-state index in [0.29, 0.717) is 30.1 Å². The maximum absolute atomic E-state index is 13.7. The number of fused-ring (bicyclic) bond motifs is 1. The number of nitrogens with zero attached hydrogens (tertiary/aromatic N) is 4. The number of H-pyrrole nitrogens is 1. The lowest BCUT2D eigenvalue weighted by Gasteiger charge is -2.38. The Morgan fingerprint density at radius 1 is 1.19 bits per heavy atom. The lowest BCUT2D eigenvalue weighted by Crippen LogP contribution is -2.52. The van der Waals surface area contributed by atoms with Crippen molar-refractivity contribution < 1.29 is 4.79 Å². The third kappa shape index (κ3) is 2.73. The monoisotopic (exact) mass is 351 g/mol. The van der Waals surface area contributed by atoms with Crippen molar-refractivity contribution in [3.63, 3.8) is 0 Å². The Labute approximate surface area is 150 Å². The van der Waals surface area contributed by atoms with Crippen molar-refractivity contribution in [3.8, 4) is 0 Å². The topological polar surface area (TPSA) is 113 Å². The van der Waals surface area contributed by atoms with Crippen LogP contribution in [0.4, 0.5) is 11.6 Å². The minimum Gasteiger partial charge on any atom is -0.346 e. The fourth-order valence-corrected chi connectivity index (χ4v) is 3.48. The maximum Gasteiger partial charge on any atom is 0.241 e. The third-order valence-corrected chi connectivity index (χ3v) is 5.03. The maximum atomic E-state index is 13.7. The second-order valence-electron chi connectivity index (χ2n) is 6.50. The fraction of sp³-hybridized carbons (Fsp3) is 0.333. The van der Waals surface area contributed by atoms with Gasteiger partial charge in [0.15, 0.2) is 5.82 Å². The standard InChI is InChI=1S/C18H21N7O/c19-11-18(5-9-20-10-6-18)17(26)25(14-3-1-2-7-21-14)16-13-4-8-22-15(13)23-12-24-16/h1-4,7-8,12,20H,5-6,9-11,19H2,(H,22,23,24). The van der Waals surface area contributed by atoms with Crippen molar-refractivity contribution in [2.45, 2.75) is 12.8 Å². The van der Waals surface area contributed by atoms with E-state index < -0.39 is 5.41 Å². The first-order chi connectivity index (χ1) is 12.7. The lowest BCUT2D eigenvalue weighted by molar-refractivity contribution is -0.128. The van der Waals surface area contributed by atoms with Crippen LogP contribution in [-0.2, 0) is 4.79 Å². The molecule has 0 aromatic carbocycles. The predicted octanol–water partition coefficient (Wildman–Crippen LogP) is 1.35. The van der Waals surface area contributed by atoms with Gasteiger partial charge in [-0.15, -0.1) is 0 Å². The Morgan fingerprint density at radius 2 is 2.04 bits per heavy atom. The Morgan fingerprint density at radius 3 is 2.77 bits per heavy atom.